The van der Waals surface area contributed by atoms with Crippen molar-refractivity contribution in [2.75, 3.05) is 11.2 Å². The number of nitrogen functional groups attached to an aromatic ring is 2. The van der Waals surface area contributed by atoms with E-state index in [1.54, 1.807) is 12.3 Å². The molecule has 0 saturated carbocycles. The molecule has 2 aromatic rings. The lowest BCUT2D eigenvalue weighted by Gasteiger charge is -2.00. The largest absolute Gasteiger partial charge is 0.368 e. The molecule has 62 valence electrons. The standard InChI is InChI=1S/C5H7N7/c6-4-10-5(11-7)9-3-1-2-8-12(3)4/h1-2H,7H2,(H3,6,9,10,11). The lowest BCUT2D eigenvalue weighted by molar-refractivity contribution is 0.908. The van der Waals surface area contributed by atoms with E-state index in [1.165, 1.54) is 4.52 Å². The quantitative estimate of drug-likeness (QED) is 0.369. The van der Waals surface area contributed by atoms with Gasteiger partial charge in [-0.1, -0.05) is 0 Å². The van der Waals surface area contributed by atoms with Crippen LogP contribution in [0.1, 0.15) is 0 Å². The second kappa shape index (κ2) is 2.31. The van der Waals surface area contributed by atoms with Crippen LogP contribution in [-0.4, -0.2) is 19.6 Å². The van der Waals surface area contributed by atoms with Gasteiger partial charge in [-0.15, -0.1) is 0 Å². The SMILES string of the molecule is NNc1nc(N)n2nccc2n1. The number of nitrogens with one attached hydrogen (secondary N) is 1. The van der Waals surface area contributed by atoms with Gasteiger partial charge >= 0.3 is 0 Å². The van der Waals surface area contributed by atoms with Crippen LogP contribution in [0.25, 0.3) is 5.65 Å². The Bertz CT molecular complexity index is 405. The maximum absolute atomic E-state index is 5.53. The van der Waals surface area contributed by atoms with E-state index in [2.05, 4.69) is 20.5 Å². The highest BCUT2D eigenvalue weighted by atomic mass is 15.4. The van der Waals surface area contributed by atoms with E-state index in [0.717, 1.165) is 0 Å². The second-order valence-corrected chi connectivity index (χ2v) is 2.15. The molecule has 0 spiro atoms. The molecule has 0 radical (unpaired) electrons. The first kappa shape index (κ1) is 6.80. The van der Waals surface area contributed by atoms with Crippen LogP contribution in [0.4, 0.5) is 11.9 Å². The predicted molar refractivity (Wildman–Crippen MR) is 43.0 cm³/mol. The van der Waals surface area contributed by atoms with E-state index in [1.807, 2.05) is 0 Å². The van der Waals surface area contributed by atoms with E-state index < -0.39 is 0 Å². The molecule has 7 heteroatoms. The molecule has 2 rings (SSSR count). The van der Waals surface area contributed by atoms with Crippen LogP contribution < -0.4 is 17.0 Å². The Morgan fingerprint density at radius 1 is 1.42 bits per heavy atom. The zero-order valence-corrected chi connectivity index (χ0v) is 6.10. The molecule has 0 aliphatic carbocycles. The first-order chi connectivity index (χ1) is 5.81. The van der Waals surface area contributed by atoms with Gasteiger partial charge in [0.25, 0.3) is 0 Å². The average Bonchev–Trinajstić information content (AvgIpc) is 2.52. The van der Waals surface area contributed by atoms with Gasteiger partial charge in [-0.25, -0.2) is 5.84 Å². The number of aromatic nitrogens is 4. The van der Waals surface area contributed by atoms with Crippen molar-refractivity contribution < 1.29 is 0 Å². The monoisotopic (exact) mass is 165 g/mol. The van der Waals surface area contributed by atoms with E-state index >= 15 is 0 Å². The second-order valence-electron chi connectivity index (χ2n) is 2.15. The van der Waals surface area contributed by atoms with Gasteiger partial charge < -0.3 is 5.73 Å². The summed E-state index contributed by atoms with van der Waals surface area (Å²) in [7, 11) is 0. The summed E-state index contributed by atoms with van der Waals surface area (Å²) in [5.74, 6) is 5.64. The molecule has 0 saturated heterocycles. The Kier molecular flexibility index (Phi) is 1.31. The average molecular weight is 165 g/mol. The maximum Gasteiger partial charge on any atom is 0.242 e. The maximum atomic E-state index is 5.53. The Morgan fingerprint density at radius 2 is 2.25 bits per heavy atom. The third-order valence-corrected chi connectivity index (χ3v) is 1.41. The van der Waals surface area contributed by atoms with Crippen molar-refractivity contribution in [3.63, 3.8) is 0 Å². The fourth-order valence-electron chi connectivity index (χ4n) is 0.911. The summed E-state index contributed by atoms with van der Waals surface area (Å²) in [6, 6.07) is 1.71. The summed E-state index contributed by atoms with van der Waals surface area (Å²) in [5.41, 5.74) is 8.44. The van der Waals surface area contributed by atoms with Crippen LogP contribution in [0.2, 0.25) is 0 Å². The molecule has 2 aromatic heterocycles. The lowest BCUT2D eigenvalue weighted by atomic mass is 10.7. The zero-order valence-electron chi connectivity index (χ0n) is 6.10. The van der Waals surface area contributed by atoms with Crippen LogP contribution in [0.3, 0.4) is 0 Å². The van der Waals surface area contributed by atoms with Crippen LogP contribution in [0.15, 0.2) is 12.3 Å². The summed E-state index contributed by atoms with van der Waals surface area (Å²) >= 11 is 0. The van der Waals surface area contributed by atoms with Crippen molar-refractivity contribution in [1.82, 2.24) is 19.6 Å². The van der Waals surface area contributed by atoms with Crippen molar-refractivity contribution in [2.24, 2.45) is 5.84 Å². The fourth-order valence-corrected chi connectivity index (χ4v) is 0.911. The number of nitrogens with zero attached hydrogens (tertiary/aromatic N) is 4. The van der Waals surface area contributed by atoms with Gasteiger partial charge in [0.1, 0.15) is 0 Å². The number of nitrogens with two attached hydrogens (primary N) is 2. The summed E-state index contributed by atoms with van der Waals surface area (Å²) in [6.45, 7) is 0. The van der Waals surface area contributed by atoms with Gasteiger partial charge in [-0.05, 0) is 0 Å². The van der Waals surface area contributed by atoms with Gasteiger partial charge in [0.05, 0.1) is 6.20 Å². The number of fused-ring (bicyclic) bond motifs is 1. The minimum atomic E-state index is 0.248. The molecule has 5 N–H and O–H groups in total. The first-order valence-electron chi connectivity index (χ1n) is 3.25. The molecular weight excluding hydrogens is 158 g/mol. The molecule has 0 fully saturated rings. The molecule has 0 atom stereocenters. The van der Waals surface area contributed by atoms with Crippen molar-refractivity contribution >= 4 is 17.5 Å². The number of anilines is 2. The van der Waals surface area contributed by atoms with Crippen molar-refractivity contribution in [1.29, 1.82) is 0 Å². The molecule has 0 unspecified atom stereocenters. The van der Waals surface area contributed by atoms with E-state index in [4.69, 9.17) is 11.6 Å². The van der Waals surface area contributed by atoms with E-state index in [-0.39, 0.29) is 11.9 Å². The van der Waals surface area contributed by atoms with Gasteiger partial charge in [0.2, 0.25) is 11.9 Å². The third kappa shape index (κ3) is 0.839. The first-order valence-corrected chi connectivity index (χ1v) is 3.25. The normalized spacial score (nSPS) is 10.4. The summed E-state index contributed by atoms with van der Waals surface area (Å²) < 4.78 is 1.42. The molecule has 0 aromatic carbocycles. The van der Waals surface area contributed by atoms with Gasteiger partial charge in [0, 0.05) is 6.07 Å². The molecule has 2 heterocycles. The Morgan fingerprint density at radius 3 is 3.00 bits per heavy atom. The van der Waals surface area contributed by atoms with Gasteiger partial charge in [0.15, 0.2) is 5.65 Å². The lowest BCUT2D eigenvalue weighted by Crippen LogP contribution is -2.13. The highest BCUT2D eigenvalue weighted by Gasteiger charge is 2.02. The number of hydrazine groups is 1. The van der Waals surface area contributed by atoms with Crippen LogP contribution >= 0.6 is 0 Å². The number of hydrogen-bond acceptors (Lipinski definition) is 6. The van der Waals surface area contributed by atoms with Crippen molar-refractivity contribution in [2.45, 2.75) is 0 Å². The molecule has 7 nitrogen and oxygen atoms in total. The van der Waals surface area contributed by atoms with E-state index in [9.17, 15) is 0 Å². The summed E-state index contributed by atoms with van der Waals surface area (Å²) in [4.78, 5) is 7.81. The van der Waals surface area contributed by atoms with Crippen LogP contribution in [0.5, 0.6) is 0 Å². The van der Waals surface area contributed by atoms with Crippen LogP contribution in [-0.2, 0) is 0 Å². The molecular formula is C5H7N7. The van der Waals surface area contributed by atoms with Crippen molar-refractivity contribution in [3.05, 3.63) is 12.3 Å². The minimum absolute atomic E-state index is 0.248. The van der Waals surface area contributed by atoms with Gasteiger partial charge in [-0.2, -0.15) is 19.6 Å². The van der Waals surface area contributed by atoms with Crippen LogP contribution in [0, 0.1) is 0 Å². The Balaban J connectivity index is 2.75. The highest BCUT2D eigenvalue weighted by molar-refractivity contribution is 5.46. The van der Waals surface area contributed by atoms with Gasteiger partial charge in [-0.3, -0.25) is 5.43 Å². The minimum Gasteiger partial charge on any atom is -0.368 e. The highest BCUT2D eigenvalue weighted by Crippen LogP contribution is 2.05. The molecule has 0 bridgehead atoms. The number of hydrogen-bond donors (Lipinski definition) is 3. The topological polar surface area (TPSA) is 107 Å². The van der Waals surface area contributed by atoms with E-state index in [0.29, 0.717) is 5.65 Å². The molecule has 0 amide bonds. The fraction of sp³-hybridized carbons (Fsp3) is 0. The molecule has 0 aliphatic rings. The third-order valence-electron chi connectivity index (χ3n) is 1.41. The summed E-state index contributed by atoms with van der Waals surface area (Å²) in [6.07, 6.45) is 1.58. The Labute approximate surface area is 67.4 Å². The number of rotatable bonds is 1. The Hall–Kier alpha value is -1.89. The van der Waals surface area contributed by atoms with Crippen molar-refractivity contribution in [3.8, 4) is 0 Å². The summed E-state index contributed by atoms with van der Waals surface area (Å²) in [5, 5.41) is 3.89. The molecule has 12 heavy (non-hydrogen) atoms. The smallest absolute Gasteiger partial charge is 0.242 e. The zero-order chi connectivity index (χ0) is 8.55. The molecule has 0 aliphatic heterocycles. The predicted octanol–water partition coefficient (Wildman–Crippen LogP) is -1.01.